The highest BCUT2D eigenvalue weighted by Crippen LogP contribution is 2.28. The summed E-state index contributed by atoms with van der Waals surface area (Å²) in [5, 5.41) is 3.49. The summed E-state index contributed by atoms with van der Waals surface area (Å²) in [6, 6.07) is 16.9. The van der Waals surface area contributed by atoms with Gasteiger partial charge in [-0.3, -0.25) is 0 Å². The van der Waals surface area contributed by atoms with E-state index in [1.165, 1.54) is 16.7 Å². The molecule has 118 valence electrons. The van der Waals surface area contributed by atoms with Gasteiger partial charge in [0.05, 0.1) is 0 Å². The Balaban J connectivity index is 0.00000176. The molecule has 0 saturated carbocycles. The van der Waals surface area contributed by atoms with Gasteiger partial charge >= 0.3 is 0 Å². The number of benzene rings is 2. The Labute approximate surface area is 139 Å². The summed E-state index contributed by atoms with van der Waals surface area (Å²) in [5.74, 6) is 1.54. The van der Waals surface area contributed by atoms with Gasteiger partial charge < -0.3 is 10.1 Å². The molecule has 3 heteroatoms. The standard InChI is InChI=1S/C19H23NO.ClH/c1-14-13-20-11-10-17-12-18(8-9-19(14)17)21-15(2)16-6-4-3-5-7-16;/h3-9,12,14-15,20H,10-11,13H2,1-2H3;1H/t14-,15?;/m1./s1. The van der Waals surface area contributed by atoms with Crippen molar-refractivity contribution in [1.82, 2.24) is 5.32 Å². The second kappa shape index (κ2) is 7.66. The van der Waals surface area contributed by atoms with Crippen molar-refractivity contribution < 1.29 is 4.74 Å². The van der Waals surface area contributed by atoms with Gasteiger partial charge in [-0.2, -0.15) is 0 Å². The SMILES string of the molecule is CC(Oc1ccc2c(c1)CCNC[C@H]2C)c1ccccc1.Cl. The Morgan fingerprint density at radius 1 is 1.14 bits per heavy atom. The van der Waals surface area contributed by atoms with E-state index in [-0.39, 0.29) is 18.5 Å². The van der Waals surface area contributed by atoms with E-state index in [1.807, 2.05) is 6.07 Å². The van der Waals surface area contributed by atoms with Crippen LogP contribution in [0.15, 0.2) is 48.5 Å². The van der Waals surface area contributed by atoms with Crippen LogP contribution in [-0.4, -0.2) is 13.1 Å². The van der Waals surface area contributed by atoms with E-state index in [0.29, 0.717) is 5.92 Å². The van der Waals surface area contributed by atoms with Crippen molar-refractivity contribution in [1.29, 1.82) is 0 Å². The highest BCUT2D eigenvalue weighted by molar-refractivity contribution is 5.85. The molecular weight excluding hydrogens is 294 g/mol. The average Bonchev–Trinajstić information content (AvgIpc) is 2.70. The monoisotopic (exact) mass is 317 g/mol. The molecule has 0 saturated heterocycles. The predicted molar refractivity (Wildman–Crippen MR) is 94.2 cm³/mol. The summed E-state index contributed by atoms with van der Waals surface area (Å²) in [4.78, 5) is 0. The van der Waals surface area contributed by atoms with E-state index in [9.17, 15) is 0 Å². The zero-order valence-electron chi connectivity index (χ0n) is 13.2. The molecule has 2 nitrogen and oxygen atoms in total. The number of fused-ring (bicyclic) bond motifs is 1. The van der Waals surface area contributed by atoms with Crippen molar-refractivity contribution in [3.63, 3.8) is 0 Å². The number of halogens is 1. The van der Waals surface area contributed by atoms with Crippen molar-refractivity contribution in [3.8, 4) is 5.75 Å². The van der Waals surface area contributed by atoms with Gasteiger partial charge in [-0.1, -0.05) is 43.3 Å². The van der Waals surface area contributed by atoms with Gasteiger partial charge in [-0.25, -0.2) is 0 Å². The number of nitrogens with one attached hydrogen (secondary N) is 1. The van der Waals surface area contributed by atoms with Gasteiger partial charge in [0.15, 0.2) is 0 Å². The first-order valence-electron chi connectivity index (χ1n) is 7.79. The molecule has 0 spiro atoms. The Bertz CT molecular complexity index is 600. The van der Waals surface area contributed by atoms with Gasteiger partial charge in [0.25, 0.3) is 0 Å². The van der Waals surface area contributed by atoms with Gasteiger partial charge in [0.1, 0.15) is 11.9 Å². The van der Waals surface area contributed by atoms with Crippen molar-refractivity contribution >= 4 is 12.4 Å². The molecule has 0 fully saturated rings. The Kier molecular flexibility index (Phi) is 5.87. The second-order valence-electron chi connectivity index (χ2n) is 5.89. The van der Waals surface area contributed by atoms with Gasteiger partial charge in [0, 0.05) is 6.54 Å². The molecule has 2 aromatic carbocycles. The molecule has 0 aromatic heterocycles. The van der Waals surface area contributed by atoms with E-state index >= 15 is 0 Å². The fourth-order valence-electron chi connectivity index (χ4n) is 3.00. The minimum atomic E-state index is 0. The zero-order chi connectivity index (χ0) is 14.7. The van der Waals surface area contributed by atoms with Crippen LogP contribution in [0, 0.1) is 0 Å². The van der Waals surface area contributed by atoms with E-state index in [0.717, 1.165) is 25.3 Å². The van der Waals surface area contributed by atoms with Gasteiger partial charge in [-0.15, -0.1) is 12.4 Å². The Hall–Kier alpha value is -1.51. The van der Waals surface area contributed by atoms with Crippen molar-refractivity contribution in [2.24, 2.45) is 0 Å². The Morgan fingerprint density at radius 2 is 1.91 bits per heavy atom. The van der Waals surface area contributed by atoms with Crippen LogP contribution in [-0.2, 0) is 6.42 Å². The van der Waals surface area contributed by atoms with Crippen LogP contribution >= 0.6 is 12.4 Å². The van der Waals surface area contributed by atoms with E-state index in [4.69, 9.17) is 4.74 Å². The number of hydrogen-bond acceptors (Lipinski definition) is 2. The minimum absolute atomic E-state index is 0. The third-order valence-corrected chi connectivity index (χ3v) is 4.25. The molecule has 1 aliphatic heterocycles. The first kappa shape index (κ1) is 16.9. The summed E-state index contributed by atoms with van der Waals surface area (Å²) in [6.07, 6.45) is 1.15. The second-order valence-corrected chi connectivity index (χ2v) is 5.89. The lowest BCUT2D eigenvalue weighted by molar-refractivity contribution is 0.226. The maximum atomic E-state index is 6.12. The molecule has 2 aromatic rings. The largest absolute Gasteiger partial charge is 0.486 e. The predicted octanol–water partition coefficient (Wildman–Crippen LogP) is 4.50. The third-order valence-electron chi connectivity index (χ3n) is 4.25. The molecule has 0 aliphatic carbocycles. The summed E-state index contributed by atoms with van der Waals surface area (Å²) in [5.41, 5.74) is 4.09. The molecule has 1 heterocycles. The quantitative estimate of drug-likeness (QED) is 0.900. The van der Waals surface area contributed by atoms with Gasteiger partial charge in [-0.05, 0) is 54.6 Å². The first-order valence-corrected chi connectivity index (χ1v) is 7.79. The normalized spacial score (nSPS) is 18.5. The molecule has 0 radical (unpaired) electrons. The van der Waals surface area contributed by atoms with Crippen molar-refractivity contribution in [2.75, 3.05) is 13.1 Å². The maximum Gasteiger partial charge on any atom is 0.121 e. The van der Waals surface area contributed by atoms with Gasteiger partial charge in [0.2, 0.25) is 0 Å². The summed E-state index contributed by atoms with van der Waals surface area (Å²) < 4.78 is 6.12. The third kappa shape index (κ3) is 3.82. The molecular formula is C19H24ClNO. The zero-order valence-corrected chi connectivity index (χ0v) is 14.0. The summed E-state index contributed by atoms with van der Waals surface area (Å²) in [7, 11) is 0. The van der Waals surface area contributed by atoms with Crippen LogP contribution in [0.3, 0.4) is 0 Å². The van der Waals surface area contributed by atoms with Crippen LogP contribution in [0.25, 0.3) is 0 Å². The van der Waals surface area contributed by atoms with Crippen LogP contribution in [0.2, 0.25) is 0 Å². The topological polar surface area (TPSA) is 21.3 Å². The molecule has 1 aliphatic rings. The summed E-state index contributed by atoms with van der Waals surface area (Å²) in [6.45, 7) is 6.50. The molecule has 22 heavy (non-hydrogen) atoms. The lowest BCUT2D eigenvalue weighted by atomic mass is 9.95. The van der Waals surface area contributed by atoms with Crippen LogP contribution in [0.1, 0.15) is 42.6 Å². The lowest BCUT2D eigenvalue weighted by Crippen LogP contribution is -2.18. The fourth-order valence-corrected chi connectivity index (χ4v) is 3.00. The van der Waals surface area contributed by atoms with Crippen LogP contribution < -0.4 is 10.1 Å². The minimum Gasteiger partial charge on any atom is -0.486 e. The van der Waals surface area contributed by atoms with Crippen molar-refractivity contribution in [2.45, 2.75) is 32.3 Å². The average molecular weight is 318 g/mol. The van der Waals surface area contributed by atoms with Crippen molar-refractivity contribution in [3.05, 3.63) is 65.2 Å². The molecule has 1 unspecified atom stereocenters. The maximum absolute atomic E-state index is 6.12. The Morgan fingerprint density at radius 3 is 2.68 bits per heavy atom. The molecule has 3 rings (SSSR count). The van der Waals surface area contributed by atoms with E-state index in [1.54, 1.807) is 0 Å². The van der Waals surface area contributed by atoms with E-state index < -0.39 is 0 Å². The summed E-state index contributed by atoms with van der Waals surface area (Å²) >= 11 is 0. The molecule has 0 amide bonds. The highest BCUT2D eigenvalue weighted by atomic mass is 35.5. The smallest absolute Gasteiger partial charge is 0.121 e. The van der Waals surface area contributed by atoms with Crippen LogP contribution in [0.5, 0.6) is 5.75 Å². The van der Waals surface area contributed by atoms with E-state index in [2.05, 4.69) is 61.6 Å². The highest BCUT2D eigenvalue weighted by Gasteiger charge is 2.15. The molecule has 0 bridgehead atoms. The molecule has 1 N–H and O–H groups in total. The number of rotatable bonds is 3. The number of ether oxygens (including phenoxy) is 1. The number of hydrogen-bond donors (Lipinski definition) is 1. The fraction of sp³-hybridized carbons (Fsp3) is 0.368. The molecule has 2 atom stereocenters. The lowest BCUT2D eigenvalue weighted by Gasteiger charge is -2.18. The van der Waals surface area contributed by atoms with Crippen LogP contribution in [0.4, 0.5) is 0 Å². The first-order chi connectivity index (χ1) is 10.2.